The first-order valence-electron chi connectivity index (χ1n) is 11.9. The summed E-state index contributed by atoms with van der Waals surface area (Å²) in [5.74, 6) is 0.759. The van der Waals surface area contributed by atoms with Gasteiger partial charge in [0.05, 0.1) is 0 Å². The van der Waals surface area contributed by atoms with Crippen molar-refractivity contribution in [3.05, 3.63) is 42.0 Å². The van der Waals surface area contributed by atoms with Gasteiger partial charge in [-0.3, -0.25) is 0 Å². The average molecular weight is 500 g/mol. The second-order valence-corrected chi connectivity index (χ2v) is 13.4. The van der Waals surface area contributed by atoms with E-state index in [0.717, 1.165) is 32.1 Å². The summed E-state index contributed by atoms with van der Waals surface area (Å²) in [5, 5.41) is 0. The summed E-state index contributed by atoms with van der Waals surface area (Å²) in [4.78, 5) is 38.6. The summed E-state index contributed by atoms with van der Waals surface area (Å²) in [5.41, 5.74) is 0.774. The van der Waals surface area contributed by atoms with Gasteiger partial charge in [-0.25, -0.2) is 0 Å². The molecule has 1 aromatic rings. The number of Topliss-reactive ketones (excluding diaryl/α,β-unsaturated/α-hetero) is 1. The Kier molecular flexibility index (Phi) is 5.49. The fourth-order valence-electron chi connectivity index (χ4n) is 7.24. The normalized spacial score (nSPS) is 40.7. The Bertz CT molecular complexity index is 985. The first-order valence-corrected chi connectivity index (χ1v) is 13.7. The topological polar surface area (TPSA) is 60.4 Å². The van der Waals surface area contributed by atoms with E-state index < -0.39 is 0 Å². The van der Waals surface area contributed by atoms with Gasteiger partial charge in [-0.2, -0.15) is 0 Å². The number of carbonyl (C=O) groups is 3. The van der Waals surface area contributed by atoms with Gasteiger partial charge in [0.2, 0.25) is 0 Å². The minimum atomic E-state index is -0.366. The van der Waals surface area contributed by atoms with Gasteiger partial charge in [0.15, 0.2) is 0 Å². The van der Waals surface area contributed by atoms with Crippen molar-refractivity contribution in [1.82, 2.24) is 0 Å². The molecule has 0 heterocycles. The predicted molar refractivity (Wildman–Crippen MR) is 124 cm³/mol. The van der Waals surface area contributed by atoms with Gasteiger partial charge in [0.25, 0.3) is 0 Å². The molecule has 3 fully saturated rings. The summed E-state index contributed by atoms with van der Waals surface area (Å²) in [6.07, 6.45) is 6.91. The van der Waals surface area contributed by atoms with E-state index >= 15 is 0 Å². The SMILES string of the molecule is CC(=O)O[C@H]1CC[C@@]2(C)C(=CC(=O)[C@@H]3[C@@H]2CC[C@]2(C)C(=O)C([Se]c4ccccc4)C[C@@H]32)C1. The number of ether oxygens (including phenoxy) is 1. The zero-order chi connectivity index (χ0) is 22.7. The van der Waals surface area contributed by atoms with Crippen LogP contribution in [0.15, 0.2) is 42.0 Å². The number of ketones is 2. The van der Waals surface area contributed by atoms with Crippen LogP contribution in [0.4, 0.5) is 0 Å². The number of fused-ring (bicyclic) bond motifs is 5. The van der Waals surface area contributed by atoms with Crippen molar-refractivity contribution in [3.63, 3.8) is 0 Å². The molecular formula is C27H32O4Se. The summed E-state index contributed by atoms with van der Waals surface area (Å²) in [6.45, 7) is 5.91. The van der Waals surface area contributed by atoms with Crippen molar-refractivity contribution in [2.24, 2.45) is 28.6 Å². The minimum absolute atomic E-state index is 0.0255. The van der Waals surface area contributed by atoms with Crippen LogP contribution in [0.1, 0.15) is 59.3 Å². The van der Waals surface area contributed by atoms with Crippen LogP contribution < -0.4 is 4.46 Å². The Balaban J connectivity index is 1.43. The molecule has 4 aliphatic rings. The molecule has 1 unspecified atom stereocenters. The molecule has 7 atom stereocenters. The van der Waals surface area contributed by atoms with Crippen molar-refractivity contribution >= 4 is 37.0 Å². The van der Waals surface area contributed by atoms with Crippen molar-refractivity contribution in [3.8, 4) is 0 Å². The summed E-state index contributed by atoms with van der Waals surface area (Å²) in [6, 6.07) is 10.4. The van der Waals surface area contributed by atoms with Crippen LogP contribution >= 0.6 is 0 Å². The maximum atomic E-state index is 13.6. The fraction of sp³-hybridized carbons (Fsp3) is 0.593. The quantitative estimate of drug-likeness (QED) is 0.465. The molecule has 4 aliphatic carbocycles. The van der Waals surface area contributed by atoms with Crippen LogP contribution in [0.5, 0.6) is 0 Å². The first-order chi connectivity index (χ1) is 15.2. The number of allylic oxidation sites excluding steroid dienone is 1. The van der Waals surface area contributed by atoms with Crippen LogP contribution in [0.3, 0.4) is 0 Å². The Morgan fingerprint density at radius 1 is 1.03 bits per heavy atom. The third kappa shape index (κ3) is 3.44. The van der Waals surface area contributed by atoms with E-state index in [2.05, 4.69) is 26.0 Å². The van der Waals surface area contributed by atoms with Crippen molar-refractivity contribution in [2.75, 3.05) is 0 Å². The van der Waals surface area contributed by atoms with Gasteiger partial charge in [-0.1, -0.05) is 0 Å². The van der Waals surface area contributed by atoms with Gasteiger partial charge in [-0.05, 0) is 0 Å². The fourth-order valence-corrected chi connectivity index (χ4v) is 10.0. The number of hydrogen-bond donors (Lipinski definition) is 0. The third-order valence-electron chi connectivity index (χ3n) is 8.97. The second kappa shape index (κ2) is 7.95. The van der Waals surface area contributed by atoms with E-state index in [1.165, 1.54) is 17.0 Å². The molecule has 32 heavy (non-hydrogen) atoms. The summed E-state index contributed by atoms with van der Waals surface area (Å²) < 4.78 is 6.76. The molecule has 4 nitrogen and oxygen atoms in total. The van der Waals surface area contributed by atoms with Crippen LogP contribution in [0.2, 0.25) is 4.82 Å². The maximum absolute atomic E-state index is 13.6. The van der Waals surface area contributed by atoms with E-state index in [9.17, 15) is 14.4 Å². The molecule has 0 N–H and O–H groups in total. The number of hydrogen-bond acceptors (Lipinski definition) is 4. The molecule has 3 saturated carbocycles. The number of rotatable bonds is 3. The molecule has 5 heteroatoms. The summed E-state index contributed by atoms with van der Waals surface area (Å²) in [7, 11) is 0. The van der Waals surface area contributed by atoms with Gasteiger partial charge in [0.1, 0.15) is 0 Å². The van der Waals surface area contributed by atoms with E-state index in [0.29, 0.717) is 18.1 Å². The van der Waals surface area contributed by atoms with Gasteiger partial charge in [0, 0.05) is 0 Å². The van der Waals surface area contributed by atoms with E-state index in [4.69, 9.17) is 4.74 Å². The van der Waals surface area contributed by atoms with E-state index in [1.807, 2.05) is 24.3 Å². The predicted octanol–water partition coefficient (Wildman–Crippen LogP) is 4.06. The van der Waals surface area contributed by atoms with Crippen molar-refractivity contribution in [1.29, 1.82) is 0 Å². The third-order valence-corrected chi connectivity index (χ3v) is 11.6. The average Bonchev–Trinajstić information content (AvgIpc) is 3.00. The number of carbonyl (C=O) groups excluding carboxylic acids is 3. The van der Waals surface area contributed by atoms with Crippen LogP contribution in [0.25, 0.3) is 0 Å². The molecule has 0 radical (unpaired) electrons. The molecule has 5 rings (SSSR count). The second-order valence-electron chi connectivity index (χ2n) is 10.7. The Morgan fingerprint density at radius 2 is 1.75 bits per heavy atom. The van der Waals surface area contributed by atoms with Crippen molar-refractivity contribution in [2.45, 2.75) is 70.2 Å². The zero-order valence-electron chi connectivity index (χ0n) is 19.1. The molecular weight excluding hydrogens is 467 g/mol. The zero-order valence-corrected chi connectivity index (χ0v) is 20.8. The van der Waals surface area contributed by atoms with Gasteiger partial charge in [-0.15, -0.1) is 0 Å². The molecule has 0 bridgehead atoms. The van der Waals surface area contributed by atoms with E-state index in [-0.39, 0.29) is 60.3 Å². The molecule has 0 aromatic heterocycles. The standard InChI is InChI=1S/C27H32O4Se/c1-16(28)31-18-9-11-26(2)17(13-18)14-22(29)24-20(26)10-12-27(3)21(24)15-23(25(27)30)32-19-7-5-4-6-8-19/h4-8,14,18,20-21,23-24H,9-13,15H2,1-3H3/t18-,20-,21-,23?,24+,26-,27-/m0/s1. The molecule has 0 aliphatic heterocycles. The molecule has 0 spiro atoms. The van der Waals surface area contributed by atoms with Crippen LogP contribution in [-0.4, -0.2) is 38.6 Å². The molecule has 1 aromatic carbocycles. The number of esters is 1. The Hall–Kier alpha value is -1.71. The first kappa shape index (κ1) is 22.1. The summed E-state index contributed by atoms with van der Waals surface area (Å²) >= 11 is 0.110. The Morgan fingerprint density at radius 3 is 2.47 bits per heavy atom. The van der Waals surface area contributed by atoms with Crippen LogP contribution in [0, 0.1) is 28.6 Å². The monoisotopic (exact) mass is 500 g/mol. The molecule has 0 saturated heterocycles. The van der Waals surface area contributed by atoms with Gasteiger partial charge < -0.3 is 0 Å². The van der Waals surface area contributed by atoms with Crippen LogP contribution in [-0.2, 0) is 19.1 Å². The Labute approximate surface area is 196 Å². The molecule has 170 valence electrons. The molecule has 0 amide bonds. The van der Waals surface area contributed by atoms with Gasteiger partial charge >= 0.3 is 197 Å². The van der Waals surface area contributed by atoms with E-state index in [1.54, 1.807) is 0 Å². The van der Waals surface area contributed by atoms with Crippen molar-refractivity contribution < 1.29 is 19.1 Å². The number of benzene rings is 1.